The van der Waals surface area contributed by atoms with Gasteiger partial charge < -0.3 is 9.73 Å². The Balaban J connectivity index is 1.61. The molecule has 0 fully saturated rings. The normalized spacial score (nSPS) is 16.3. The molecule has 1 aliphatic rings. The zero-order chi connectivity index (χ0) is 20.6. The summed E-state index contributed by atoms with van der Waals surface area (Å²) in [6.07, 6.45) is 5.58. The minimum Gasteiger partial charge on any atom is -0.441 e. The van der Waals surface area contributed by atoms with Crippen LogP contribution in [0.4, 0.5) is 13.2 Å². The average molecular weight is 402 g/mol. The van der Waals surface area contributed by atoms with Crippen LogP contribution in [0, 0.1) is 5.82 Å². The number of halogens is 3. The van der Waals surface area contributed by atoms with Gasteiger partial charge >= 0.3 is 0 Å². The first-order valence-electron chi connectivity index (χ1n) is 9.07. The predicted molar refractivity (Wildman–Crippen MR) is 96.6 cm³/mol. The van der Waals surface area contributed by atoms with E-state index < -0.39 is 23.7 Å². The van der Waals surface area contributed by atoms with Crippen LogP contribution in [0.5, 0.6) is 0 Å². The number of alkyl halides is 2. The minimum absolute atomic E-state index is 0.102. The van der Waals surface area contributed by atoms with Crippen molar-refractivity contribution < 1.29 is 22.4 Å². The topological polar surface area (TPSA) is 80.9 Å². The first kappa shape index (κ1) is 19.1. The maximum absolute atomic E-state index is 13.6. The van der Waals surface area contributed by atoms with Crippen LogP contribution in [0.15, 0.2) is 41.2 Å². The summed E-state index contributed by atoms with van der Waals surface area (Å²) in [5.41, 5.74) is 0.648. The lowest BCUT2D eigenvalue weighted by Crippen LogP contribution is -2.31. The second kappa shape index (κ2) is 7.31. The highest BCUT2D eigenvalue weighted by atomic mass is 19.3. The highest BCUT2D eigenvalue weighted by Crippen LogP contribution is 2.34. The molecule has 0 saturated heterocycles. The number of fused-ring (bicyclic) bond motifs is 1. The van der Waals surface area contributed by atoms with E-state index in [1.165, 1.54) is 18.5 Å². The van der Waals surface area contributed by atoms with E-state index in [9.17, 15) is 18.0 Å². The zero-order valence-electron chi connectivity index (χ0n) is 15.5. The number of amides is 1. The molecule has 0 spiro atoms. The van der Waals surface area contributed by atoms with Crippen molar-refractivity contribution in [2.75, 3.05) is 0 Å². The summed E-state index contributed by atoms with van der Waals surface area (Å²) in [5, 5.41) is 2.82. The summed E-state index contributed by atoms with van der Waals surface area (Å²) < 4.78 is 46.3. The fourth-order valence-corrected chi connectivity index (χ4v) is 3.26. The van der Waals surface area contributed by atoms with Crippen molar-refractivity contribution in [3.05, 3.63) is 65.3 Å². The van der Waals surface area contributed by atoms with Gasteiger partial charge in [-0.2, -0.15) is 8.78 Å². The van der Waals surface area contributed by atoms with E-state index in [0.29, 0.717) is 29.9 Å². The Morgan fingerprint density at radius 1 is 1.31 bits per heavy atom. The van der Waals surface area contributed by atoms with Crippen molar-refractivity contribution in [1.29, 1.82) is 0 Å². The first-order chi connectivity index (χ1) is 13.8. The highest BCUT2D eigenvalue weighted by Gasteiger charge is 2.30. The summed E-state index contributed by atoms with van der Waals surface area (Å²) >= 11 is 0. The molecule has 9 heteroatoms. The molecule has 3 heterocycles. The van der Waals surface area contributed by atoms with Crippen LogP contribution < -0.4 is 5.32 Å². The fourth-order valence-electron chi connectivity index (χ4n) is 3.26. The van der Waals surface area contributed by atoms with Gasteiger partial charge in [0.05, 0.1) is 17.8 Å². The second-order valence-corrected chi connectivity index (χ2v) is 6.96. The Morgan fingerprint density at radius 2 is 2.14 bits per heavy atom. The molecule has 0 unspecified atom stereocenters. The number of aromatic nitrogens is 3. The van der Waals surface area contributed by atoms with E-state index in [1.807, 2.05) is 0 Å². The van der Waals surface area contributed by atoms with Crippen molar-refractivity contribution >= 4 is 5.91 Å². The molecule has 0 radical (unpaired) electrons. The van der Waals surface area contributed by atoms with Gasteiger partial charge in [-0.1, -0.05) is 0 Å². The third-order valence-corrected chi connectivity index (χ3v) is 4.68. The van der Waals surface area contributed by atoms with Crippen LogP contribution in [0.3, 0.4) is 0 Å². The van der Waals surface area contributed by atoms with E-state index in [1.54, 1.807) is 6.07 Å². The largest absolute Gasteiger partial charge is 0.441 e. The minimum atomic E-state index is -3.09. The molecule has 3 aromatic rings. The van der Waals surface area contributed by atoms with Gasteiger partial charge in [-0.15, -0.1) is 0 Å². The Morgan fingerprint density at radius 3 is 2.90 bits per heavy atom. The van der Waals surface area contributed by atoms with Crippen molar-refractivity contribution in [1.82, 2.24) is 20.3 Å². The van der Waals surface area contributed by atoms with Gasteiger partial charge in [-0.05, 0) is 31.0 Å². The molecular formula is C20H17F3N4O2. The number of carbonyl (C=O) groups excluding carboxylic acids is 1. The van der Waals surface area contributed by atoms with E-state index in [4.69, 9.17) is 4.42 Å². The number of hydrogen-bond acceptors (Lipinski definition) is 5. The number of hydrogen-bond donors (Lipinski definition) is 1. The summed E-state index contributed by atoms with van der Waals surface area (Å²) in [7, 11) is 0. The molecule has 29 heavy (non-hydrogen) atoms. The van der Waals surface area contributed by atoms with Gasteiger partial charge in [0.2, 0.25) is 5.89 Å². The van der Waals surface area contributed by atoms with Gasteiger partial charge in [-0.25, -0.2) is 9.37 Å². The number of rotatable bonds is 4. The summed E-state index contributed by atoms with van der Waals surface area (Å²) in [5.74, 6) is -3.38. The maximum Gasteiger partial charge on any atom is 0.286 e. The SMILES string of the molecule is CC(F)(F)c1cc(-c2nc3c(o2)CCC[C@@H]3NC(=O)c2cncc(F)c2)ccn1. The van der Waals surface area contributed by atoms with Crippen molar-refractivity contribution in [2.45, 2.75) is 38.2 Å². The first-order valence-corrected chi connectivity index (χ1v) is 9.07. The number of oxazole rings is 1. The van der Waals surface area contributed by atoms with Crippen molar-refractivity contribution in [3.63, 3.8) is 0 Å². The summed E-state index contributed by atoms with van der Waals surface area (Å²) in [6, 6.07) is 3.45. The summed E-state index contributed by atoms with van der Waals surface area (Å²) in [4.78, 5) is 24.3. The molecule has 150 valence electrons. The molecule has 1 amide bonds. The lowest BCUT2D eigenvalue weighted by Gasteiger charge is -2.21. The van der Waals surface area contributed by atoms with Gasteiger partial charge in [0, 0.05) is 31.3 Å². The van der Waals surface area contributed by atoms with Gasteiger partial charge in [0.25, 0.3) is 11.8 Å². The molecule has 0 aromatic carbocycles. The molecule has 0 bridgehead atoms. The Hall–Kier alpha value is -3.23. The number of pyridine rings is 2. The van der Waals surface area contributed by atoms with Crippen molar-refractivity contribution in [3.8, 4) is 11.5 Å². The molecule has 1 N–H and O–H groups in total. The zero-order valence-corrected chi connectivity index (χ0v) is 15.5. The third-order valence-electron chi connectivity index (χ3n) is 4.68. The smallest absolute Gasteiger partial charge is 0.286 e. The molecule has 3 aromatic heterocycles. The van der Waals surface area contributed by atoms with Crippen molar-refractivity contribution in [2.24, 2.45) is 0 Å². The standard InChI is InChI=1S/C20H17F3N4O2/c1-20(22,23)16-8-11(5-6-25-16)19-27-17-14(3-2-4-15(17)29-19)26-18(28)12-7-13(21)10-24-9-12/h5-10,14H,2-4H2,1H3,(H,26,28)/t14-/m0/s1. The van der Waals surface area contributed by atoms with Crippen LogP contribution in [0.25, 0.3) is 11.5 Å². The molecule has 0 saturated carbocycles. The summed E-state index contributed by atoms with van der Waals surface area (Å²) in [6.45, 7) is 0.770. The quantitative estimate of drug-likeness (QED) is 0.708. The molecule has 4 rings (SSSR count). The van der Waals surface area contributed by atoms with Crippen LogP contribution in [-0.4, -0.2) is 20.9 Å². The number of nitrogens with zero attached hydrogens (tertiary/aromatic N) is 3. The van der Waals surface area contributed by atoms with Crippen LogP contribution in [0.2, 0.25) is 0 Å². The predicted octanol–water partition coefficient (Wildman–Crippen LogP) is 4.19. The molecule has 1 atom stereocenters. The van der Waals surface area contributed by atoms with Gasteiger partial charge in [0.15, 0.2) is 0 Å². The van der Waals surface area contributed by atoms with Crippen LogP contribution in [-0.2, 0) is 12.3 Å². The number of carbonyl (C=O) groups is 1. The highest BCUT2D eigenvalue weighted by molar-refractivity contribution is 5.94. The monoisotopic (exact) mass is 402 g/mol. The molecule has 6 nitrogen and oxygen atoms in total. The second-order valence-electron chi connectivity index (χ2n) is 6.96. The number of aryl methyl sites for hydroxylation is 1. The van der Waals surface area contributed by atoms with Gasteiger partial charge in [0.1, 0.15) is 23.0 Å². The lowest BCUT2D eigenvalue weighted by molar-refractivity contribution is 0.0128. The lowest BCUT2D eigenvalue weighted by atomic mass is 9.96. The van der Waals surface area contributed by atoms with E-state index in [-0.39, 0.29) is 17.1 Å². The molecular weight excluding hydrogens is 385 g/mol. The van der Waals surface area contributed by atoms with E-state index in [0.717, 1.165) is 25.6 Å². The Bertz CT molecular complexity index is 1060. The van der Waals surface area contributed by atoms with Crippen LogP contribution >= 0.6 is 0 Å². The third kappa shape index (κ3) is 3.98. The average Bonchev–Trinajstić information content (AvgIpc) is 3.13. The fraction of sp³-hybridized carbons (Fsp3) is 0.300. The molecule has 1 aliphatic carbocycles. The van der Waals surface area contributed by atoms with E-state index >= 15 is 0 Å². The molecule has 0 aliphatic heterocycles. The number of nitrogens with one attached hydrogen (secondary N) is 1. The van der Waals surface area contributed by atoms with E-state index in [2.05, 4.69) is 20.3 Å². The Labute approximate surface area is 164 Å². The van der Waals surface area contributed by atoms with Crippen LogP contribution in [0.1, 0.15) is 53.3 Å². The van der Waals surface area contributed by atoms with Gasteiger partial charge in [-0.3, -0.25) is 14.8 Å². The maximum atomic E-state index is 13.6. The Kier molecular flexibility index (Phi) is 4.81.